The number of alkyl halides is 3. The fourth-order valence-electron chi connectivity index (χ4n) is 2.73. The van der Waals surface area contributed by atoms with Crippen molar-refractivity contribution >= 4 is 23.2 Å². The molecule has 0 atom stereocenters. The summed E-state index contributed by atoms with van der Waals surface area (Å²) in [5, 5.41) is 2.66. The van der Waals surface area contributed by atoms with E-state index >= 15 is 0 Å². The van der Waals surface area contributed by atoms with Crippen LogP contribution in [0, 0.1) is 0 Å². The molecule has 0 saturated heterocycles. The van der Waals surface area contributed by atoms with Crippen LogP contribution in [-0.4, -0.2) is 25.2 Å². The maximum Gasteiger partial charge on any atom is 0.416 e. The average Bonchev–Trinajstić information content (AvgIpc) is 3.09. The maximum atomic E-state index is 12.9. The smallest absolute Gasteiger partial charge is 0.416 e. The van der Waals surface area contributed by atoms with Crippen molar-refractivity contribution in [1.82, 2.24) is 0 Å². The Morgan fingerprint density at radius 1 is 1.11 bits per heavy atom. The molecule has 0 saturated carbocycles. The molecule has 6 nitrogen and oxygen atoms in total. The Bertz CT molecular complexity index is 899. The first-order chi connectivity index (χ1) is 13.2. The van der Waals surface area contributed by atoms with Gasteiger partial charge in [-0.1, -0.05) is 6.07 Å². The molecule has 0 fully saturated rings. The highest BCUT2D eigenvalue weighted by molar-refractivity contribution is 5.95. The van der Waals surface area contributed by atoms with Gasteiger partial charge in [-0.05, 0) is 30.3 Å². The van der Waals surface area contributed by atoms with Crippen LogP contribution in [0.25, 0.3) is 0 Å². The fourth-order valence-corrected chi connectivity index (χ4v) is 2.73. The summed E-state index contributed by atoms with van der Waals surface area (Å²) in [4.78, 5) is 25.2. The van der Waals surface area contributed by atoms with Gasteiger partial charge >= 0.3 is 6.18 Å². The summed E-state index contributed by atoms with van der Waals surface area (Å²) in [6.07, 6.45) is -4.61. The van der Waals surface area contributed by atoms with Gasteiger partial charge in [0.15, 0.2) is 11.5 Å². The fraction of sp³-hybridized carbons (Fsp3) is 0.263. The lowest BCUT2D eigenvalue weighted by Crippen LogP contribution is -2.32. The van der Waals surface area contributed by atoms with Gasteiger partial charge in [0.05, 0.1) is 5.56 Å². The summed E-state index contributed by atoms with van der Waals surface area (Å²) in [6.45, 7) is 1.28. The van der Waals surface area contributed by atoms with Crippen LogP contribution >= 0.6 is 0 Å². The molecular weight excluding hydrogens is 377 g/mol. The van der Waals surface area contributed by atoms with Gasteiger partial charge in [0, 0.05) is 37.3 Å². The number of anilines is 2. The number of nitrogens with one attached hydrogen (secondary N) is 1. The summed E-state index contributed by atoms with van der Waals surface area (Å²) in [5.74, 6) is 0.227. The first-order valence-electron chi connectivity index (χ1n) is 8.39. The summed E-state index contributed by atoms with van der Waals surface area (Å²) < 4.78 is 49.1. The molecule has 2 amide bonds. The number of hydrogen-bond acceptors (Lipinski definition) is 4. The largest absolute Gasteiger partial charge is 0.454 e. The summed E-state index contributed by atoms with van der Waals surface area (Å²) in [7, 11) is 0. The van der Waals surface area contributed by atoms with E-state index < -0.39 is 23.6 Å². The van der Waals surface area contributed by atoms with Crippen LogP contribution in [0.2, 0.25) is 0 Å². The van der Waals surface area contributed by atoms with Crippen molar-refractivity contribution in [2.24, 2.45) is 0 Å². The minimum atomic E-state index is -4.52. The Balaban J connectivity index is 1.65. The van der Waals surface area contributed by atoms with E-state index in [0.717, 1.165) is 17.0 Å². The van der Waals surface area contributed by atoms with E-state index in [-0.39, 0.29) is 25.4 Å². The Morgan fingerprint density at radius 3 is 2.57 bits per heavy atom. The van der Waals surface area contributed by atoms with Gasteiger partial charge in [0.2, 0.25) is 18.6 Å². The Morgan fingerprint density at radius 2 is 1.86 bits per heavy atom. The molecule has 0 radical (unpaired) electrons. The second-order valence-electron chi connectivity index (χ2n) is 6.08. The van der Waals surface area contributed by atoms with Gasteiger partial charge in [0.1, 0.15) is 0 Å². The highest BCUT2D eigenvalue weighted by Gasteiger charge is 2.31. The Kier molecular flexibility index (Phi) is 5.43. The van der Waals surface area contributed by atoms with E-state index in [2.05, 4.69) is 5.32 Å². The third-order valence-corrected chi connectivity index (χ3v) is 4.08. The number of benzene rings is 2. The lowest BCUT2D eigenvalue weighted by molar-refractivity contribution is -0.137. The first-order valence-corrected chi connectivity index (χ1v) is 8.39. The monoisotopic (exact) mass is 394 g/mol. The van der Waals surface area contributed by atoms with Gasteiger partial charge in [-0.15, -0.1) is 0 Å². The minimum Gasteiger partial charge on any atom is -0.454 e. The topological polar surface area (TPSA) is 67.9 Å². The number of rotatable bonds is 5. The van der Waals surface area contributed by atoms with Crippen molar-refractivity contribution in [3.8, 4) is 11.5 Å². The second-order valence-corrected chi connectivity index (χ2v) is 6.08. The molecule has 0 spiro atoms. The molecule has 0 aromatic heterocycles. The molecular formula is C19H17F3N2O4. The molecule has 28 heavy (non-hydrogen) atoms. The number of carbonyl (C=O) groups is 2. The molecule has 0 unspecified atom stereocenters. The molecule has 1 heterocycles. The molecule has 0 bridgehead atoms. The minimum absolute atomic E-state index is 0.0625. The van der Waals surface area contributed by atoms with Crippen LogP contribution in [0.15, 0.2) is 42.5 Å². The van der Waals surface area contributed by atoms with E-state index in [1.807, 2.05) is 0 Å². The SMILES string of the molecule is CC(=O)N(CCC(=O)Nc1ccc2c(c1)OCO2)c1cccc(C(F)(F)F)c1. The molecule has 1 aliphatic rings. The summed E-state index contributed by atoms with van der Waals surface area (Å²) in [6, 6.07) is 9.33. The van der Waals surface area contributed by atoms with Crippen LogP contribution in [0.3, 0.4) is 0 Å². The summed E-state index contributed by atoms with van der Waals surface area (Å²) in [5.41, 5.74) is -0.290. The average molecular weight is 394 g/mol. The van der Waals surface area contributed by atoms with Crippen LogP contribution in [-0.2, 0) is 15.8 Å². The predicted molar refractivity (Wildman–Crippen MR) is 95.3 cm³/mol. The van der Waals surface area contributed by atoms with Crippen molar-refractivity contribution in [1.29, 1.82) is 0 Å². The zero-order valence-electron chi connectivity index (χ0n) is 14.9. The second kappa shape index (κ2) is 7.79. The van der Waals surface area contributed by atoms with Gasteiger partial charge in [-0.3, -0.25) is 9.59 Å². The first kappa shape index (κ1) is 19.5. The van der Waals surface area contributed by atoms with Gasteiger partial charge in [-0.25, -0.2) is 0 Å². The Hall–Kier alpha value is -3.23. The normalized spacial score (nSPS) is 12.6. The zero-order valence-corrected chi connectivity index (χ0v) is 14.9. The number of halogens is 3. The number of carbonyl (C=O) groups excluding carboxylic acids is 2. The van der Waals surface area contributed by atoms with Crippen LogP contribution in [0.1, 0.15) is 18.9 Å². The molecule has 3 rings (SSSR count). The molecule has 9 heteroatoms. The van der Waals surface area contributed by atoms with Crippen molar-refractivity contribution in [3.05, 3.63) is 48.0 Å². The third kappa shape index (κ3) is 4.54. The van der Waals surface area contributed by atoms with Crippen molar-refractivity contribution < 1.29 is 32.2 Å². The highest BCUT2D eigenvalue weighted by Crippen LogP contribution is 2.34. The zero-order chi connectivity index (χ0) is 20.3. The van der Waals surface area contributed by atoms with E-state index in [4.69, 9.17) is 9.47 Å². The molecule has 148 valence electrons. The molecule has 2 aromatic rings. The van der Waals surface area contributed by atoms with E-state index in [0.29, 0.717) is 17.2 Å². The predicted octanol–water partition coefficient (Wildman–Crippen LogP) is 3.82. The van der Waals surface area contributed by atoms with Crippen molar-refractivity contribution in [3.63, 3.8) is 0 Å². The maximum absolute atomic E-state index is 12.9. The van der Waals surface area contributed by atoms with Crippen LogP contribution < -0.4 is 19.7 Å². The number of nitrogens with zero attached hydrogens (tertiary/aromatic N) is 1. The quantitative estimate of drug-likeness (QED) is 0.837. The van der Waals surface area contributed by atoms with Gasteiger partial charge < -0.3 is 19.7 Å². The lowest BCUT2D eigenvalue weighted by atomic mass is 10.1. The van der Waals surface area contributed by atoms with Gasteiger partial charge in [0.25, 0.3) is 0 Å². The number of ether oxygens (including phenoxy) is 2. The van der Waals surface area contributed by atoms with Crippen molar-refractivity contribution in [2.75, 3.05) is 23.6 Å². The van der Waals surface area contributed by atoms with E-state index in [9.17, 15) is 22.8 Å². The highest BCUT2D eigenvalue weighted by atomic mass is 19.4. The summed E-state index contributed by atoms with van der Waals surface area (Å²) >= 11 is 0. The lowest BCUT2D eigenvalue weighted by Gasteiger charge is -2.22. The number of fused-ring (bicyclic) bond motifs is 1. The van der Waals surface area contributed by atoms with Gasteiger partial charge in [-0.2, -0.15) is 13.2 Å². The molecule has 2 aromatic carbocycles. The molecule has 1 aliphatic heterocycles. The standard InChI is InChI=1S/C19H17F3N2O4/c1-12(25)24(15-4-2-3-13(9-15)19(20,21)22)8-7-18(26)23-14-5-6-16-17(10-14)28-11-27-16/h2-6,9-10H,7-8,11H2,1H3,(H,23,26). The third-order valence-electron chi connectivity index (χ3n) is 4.08. The molecule has 0 aliphatic carbocycles. The van der Waals surface area contributed by atoms with E-state index in [1.54, 1.807) is 18.2 Å². The van der Waals surface area contributed by atoms with Crippen LogP contribution in [0.5, 0.6) is 11.5 Å². The molecule has 1 N–H and O–H groups in total. The van der Waals surface area contributed by atoms with Crippen LogP contribution in [0.4, 0.5) is 24.5 Å². The Labute approximate surface area is 158 Å². The van der Waals surface area contributed by atoms with Crippen molar-refractivity contribution in [2.45, 2.75) is 19.5 Å². The van der Waals surface area contributed by atoms with E-state index in [1.165, 1.54) is 19.1 Å². The number of hydrogen-bond donors (Lipinski definition) is 1. The number of amides is 2.